The van der Waals surface area contributed by atoms with Crippen molar-refractivity contribution in [2.24, 2.45) is 5.41 Å². The Kier molecular flexibility index (Phi) is 12.8. The lowest BCUT2D eigenvalue weighted by atomic mass is 9.68. The normalized spacial score (nSPS) is 18.0. The van der Waals surface area contributed by atoms with Crippen LogP contribution in [-0.4, -0.2) is 84.6 Å². The Bertz CT molecular complexity index is 1650. The molecule has 2 heterocycles. The van der Waals surface area contributed by atoms with Crippen molar-refractivity contribution in [3.8, 4) is 5.75 Å². The summed E-state index contributed by atoms with van der Waals surface area (Å²) in [5, 5.41) is 30.6. The third-order valence-corrected chi connectivity index (χ3v) is 11.3. The second kappa shape index (κ2) is 16.6. The molecule has 3 N–H and O–H groups in total. The Morgan fingerprint density at radius 3 is 2.10 bits per heavy atom. The number of carbonyl (C=O) groups is 2. The Balaban J connectivity index is 1.60. The summed E-state index contributed by atoms with van der Waals surface area (Å²) < 4.78 is 34.2. The molecule has 11 nitrogen and oxygen atoms in total. The fourth-order valence-corrected chi connectivity index (χ4v) is 8.95. The van der Waals surface area contributed by atoms with E-state index in [4.69, 9.17) is 14.9 Å². The van der Waals surface area contributed by atoms with E-state index in [2.05, 4.69) is 18.8 Å². The van der Waals surface area contributed by atoms with Crippen molar-refractivity contribution < 1.29 is 38.1 Å². The number of aromatic nitrogens is 1. The van der Waals surface area contributed by atoms with E-state index in [9.17, 15) is 23.1 Å². The van der Waals surface area contributed by atoms with Gasteiger partial charge in [-0.05, 0) is 65.9 Å². The van der Waals surface area contributed by atoms with Gasteiger partial charge in [0.2, 0.25) is 0 Å². The number of ether oxygens (including phenoxy) is 1. The van der Waals surface area contributed by atoms with E-state index in [1.54, 1.807) is 24.4 Å². The average molecular weight is 696 g/mol. The number of fused-ring (bicyclic) bond motifs is 1. The first kappa shape index (κ1) is 37.8. The zero-order valence-electron chi connectivity index (χ0n) is 28.8. The summed E-state index contributed by atoms with van der Waals surface area (Å²) in [5.74, 6) is -2.30. The quantitative estimate of drug-likeness (QED) is 0.167. The smallest absolute Gasteiger partial charge is 0.317 e. The molecule has 1 aliphatic rings. The van der Waals surface area contributed by atoms with Gasteiger partial charge in [0.25, 0.3) is 0 Å². The number of anilines is 1. The van der Waals surface area contributed by atoms with E-state index in [0.29, 0.717) is 35.4 Å². The summed E-state index contributed by atoms with van der Waals surface area (Å²) in [4.78, 5) is 30.1. The number of aliphatic carboxylic acids is 2. The van der Waals surface area contributed by atoms with E-state index in [1.807, 2.05) is 55.4 Å². The molecule has 0 unspecified atom stereocenters. The van der Waals surface area contributed by atoms with Crippen molar-refractivity contribution in [1.29, 1.82) is 0 Å². The zero-order valence-corrected chi connectivity index (χ0v) is 29.7. The molecule has 49 heavy (non-hydrogen) atoms. The van der Waals surface area contributed by atoms with Gasteiger partial charge in [-0.2, -0.15) is 0 Å². The molecule has 0 spiro atoms. The highest BCUT2D eigenvalue weighted by Crippen LogP contribution is 2.50. The molecule has 2 aromatic carbocycles. The van der Waals surface area contributed by atoms with Gasteiger partial charge in [0.1, 0.15) is 12.4 Å². The number of pyridine rings is 1. The predicted molar refractivity (Wildman–Crippen MR) is 188 cm³/mol. The fraction of sp³-hybridized carbons (Fsp3) is 0.486. The summed E-state index contributed by atoms with van der Waals surface area (Å²) in [7, 11) is 0.124. The van der Waals surface area contributed by atoms with Crippen LogP contribution in [0.2, 0.25) is 0 Å². The highest BCUT2D eigenvalue weighted by molar-refractivity contribution is 7.91. The van der Waals surface area contributed by atoms with Crippen molar-refractivity contribution in [1.82, 2.24) is 9.88 Å². The number of rotatable bonds is 17. The second-order valence-electron chi connectivity index (χ2n) is 13.3. The van der Waals surface area contributed by atoms with Crippen LogP contribution in [0.4, 0.5) is 5.69 Å². The monoisotopic (exact) mass is 695 g/mol. The maximum Gasteiger partial charge on any atom is 0.317 e. The summed E-state index contributed by atoms with van der Waals surface area (Å²) in [5.41, 5.74) is 2.78. The molecule has 1 aliphatic heterocycles. The van der Waals surface area contributed by atoms with E-state index >= 15 is 0 Å². The van der Waals surface area contributed by atoms with Gasteiger partial charge < -0.3 is 25.0 Å². The Hall–Kier alpha value is -4.00. The van der Waals surface area contributed by atoms with Crippen molar-refractivity contribution >= 4 is 27.5 Å². The second-order valence-corrected chi connectivity index (χ2v) is 15.3. The van der Waals surface area contributed by atoms with Crippen LogP contribution in [0.5, 0.6) is 5.75 Å². The first-order valence-corrected chi connectivity index (χ1v) is 18.5. The lowest BCUT2D eigenvalue weighted by molar-refractivity contribution is -0.142. The first-order valence-electron chi connectivity index (χ1n) is 16.8. The largest absolute Gasteiger partial charge is 0.487 e. The first-order chi connectivity index (χ1) is 23.3. The number of sulfone groups is 1. The molecular formula is C37H49N3O8S. The number of nitrogens with zero attached hydrogens (tertiary/aromatic N) is 3. The number of hydrogen-bond donors (Lipinski definition) is 3. The van der Waals surface area contributed by atoms with Crippen LogP contribution in [0.3, 0.4) is 0 Å². The number of benzene rings is 2. The van der Waals surface area contributed by atoms with Gasteiger partial charge in [-0.1, -0.05) is 57.7 Å². The topological polar surface area (TPSA) is 158 Å². The van der Waals surface area contributed by atoms with Crippen molar-refractivity contribution in [3.63, 3.8) is 0 Å². The lowest BCUT2D eigenvalue weighted by Crippen LogP contribution is -2.43. The minimum atomic E-state index is -3.70. The van der Waals surface area contributed by atoms with Crippen LogP contribution in [0.25, 0.3) is 0 Å². The molecule has 0 aliphatic carbocycles. The molecule has 0 saturated carbocycles. The molecule has 3 aromatic rings. The fourth-order valence-electron chi connectivity index (χ4n) is 6.76. The molecule has 0 radical (unpaired) electrons. The third kappa shape index (κ3) is 9.58. The number of unbranched alkanes of at least 4 members (excludes halogenated alkanes) is 2. The Morgan fingerprint density at radius 2 is 1.57 bits per heavy atom. The number of carboxylic acid groups (broad SMARTS) is 2. The van der Waals surface area contributed by atoms with Crippen molar-refractivity contribution in [3.05, 3.63) is 83.2 Å². The third-order valence-electron chi connectivity index (χ3n) is 9.29. The summed E-state index contributed by atoms with van der Waals surface area (Å²) in [6.45, 7) is 3.65. The SMILES string of the molecule is CCCCC1(CCCC)CS(=O)(=O)c2ccc(N(C)C)cc2[C@@H](c2ccc(OCc3ccc(CN(CC(=O)O)CC(=O)O)cn3)cc2)[C@H]1O. The van der Waals surface area contributed by atoms with Crippen LogP contribution in [0, 0.1) is 5.41 Å². The van der Waals surface area contributed by atoms with E-state index < -0.39 is 52.3 Å². The molecule has 1 aromatic heterocycles. The summed E-state index contributed by atoms with van der Waals surface area (Å²) >= 11 is 0. The van der Waals surface area contributed by atoms with Gasteiger partial charge in [0.15, 0.2) is 9.84 Å². The van der Waals surface area contributed by atoms with Crippen LogP contribution >= 0.6 is 0 Å². The Morgan fingerprint density at radius 1 is 0.939 bits per heavy atom. The number of aliphatic hydroxyl groups is 1. The average Bonchev–Trinajstić information content (AvgIpc) is 3.12. The minimum Gasteiger partial charge on any atom is -0.487 e. The van der Waals surface area contributed by atoms with Gasteiger partial charge in [0.05, 0.1) is 35.5 Å². The van der Waals surface area contributed by atoms with E-state index in [1.165, 1.54) is 4.90 Å². The maximum atomic E-state index is 14.1. The molecule has 0 saturated heterocycles. The molecule has 12 heteroatoms. The van der Waals surface area contributed by atoms with Gasteiger partial charge in [-0.3, -0.25) is 19.5 Å². The van der Waals surface area contributed by atoms with E-state index in [-0.39, 0.29) is 23.8 Å². The van der Waals surface area contributed by atoms with Crippen LogP contribution in [-0.2, 0) is 32.6 Å². The van der Waals surface area contributed by atoms with Gasteiger partial charge in [0, 0.05) is 43.9 Å². The standard InChI is InChI=1S/C37H49N3O8S/c1-5-7-17-37(18-8-6-2)25-49(46,47)32-16-13-29(39(3)4)19-31(32)35(36(37)45)27-10-14-30(15-11-27)48-24-28-12-9-26(20-38-28)21-40(22-33(41)42)23-34(43)44/h9-16,19-20,35-36,45H,5-8,17-18,21-25H2,1-4H3,(H,41,42)(H,43,44)/t35-,36-/m1/s1. The predicted octanol–water partition coefficient (Wildman–Crippen LogP) is 5.34. The van der Waals surface area contributed by atoms with Crippen LogP contribution in [0.1, 0.15) is 80.7 Å². The summed E-state index contributed by atoms with van der Waals surface area (Å²) in [6, 6.07) is 16.4. The maximum absolute atomic E-state index is 14.1. The lowest BCUT2D eigenvalue weighted by Gasteiger charge is -2.40. The van der Waals surface area contributed by atoms with Crippen LogP contribution < -0.4 is 9.64 Å². The molecule has 2 atom stereocenters. The van der Waals surface area contributed by atoms with Gasteiger partial charge >= 0.3 is 11.9 Å². The molecule has 0 bridgehead atoms. The highest BCUT2D eigenvalue weighted by atomic mass is 32.2. The highest BCUT2D eigenvalue weighted by Gasteiger charge is 2.49. The molecular weight excluding hydrogens is 646 g/mol. The number of hydrogen-bond acceptors (Lipinski definition) is 9. The zero-order chi connectivity index (χ0) is 35.8. The van der Waals surface area contributed by atoms with Gasteiger partial charge in [-0.25, -0.2) is 8.42 Å². The summed E-state index contributed by atoms with van der Waals surface area (Å²) in [6.07, 6.45) is 5.36. The van der Waals surface area contributed by atoms with Gasteiger partial charge in [-0.15, -0.1) is 0 Å². The number of aliphatic hydroxyl groups excluding tert-OH is 1. The molecule has 266 valence electrons. The Labute approximate surface area is 289 Å². The van der Waals surface area contributed by atoms with Crippen molar-refractivity contribution in [2.45, 2.75) is 82.4 Å². The number of carboxylic acids is 2. The molecule has 4 rings (SSSR count). The molecule has 0 fully saturated rings. The minimum absolute atomic E-state index is 0.0872. The molecule has 0 amide bonds. The van der Waals surface area contributed by atoms with Crippen LogP contribution in [0.15, 0.2) is 65.7 Å². The van der Waals surface area contributed by atoms with Crippen molar-refractivity contribution in [2.75, 3.05) is 37.8 Å². The van der Waals surface area contributed by atoms with E-state index in [0.717, 1.165) is 36.9 Å².